The van der Waals surface area contributed by atoms with E-state index in [1.54, 1.807) is 24.4 Å². The lowest BCUT2D eigenvalue weighted by atomic mass is 10.0. The molecule has 21 heavy (non-hydrogen) atoms. The van der Waals surface area contributed by atoms with Crippen LogP contribution in [0.4, 0.5) is 4.39 Å². The highest BCUT2D eigenvalue weighted by molar-refractivity contribution is 6.30. The molecule has 5 heteroatoms. The maximum Gasteiger partial charge on any atom is 0.197 e. The third-order valence-corrected chi connectivity index (χ3v) is 3.69. The van der Waals surface area contributed by atoms with Crippen molar-refractivity contribution in [2.24, 2.45) is 0 Å². The number of aryl methyl sites for hydroxylation is 1. The second kappa shape index (κ2) is 5.30. The summed E-state index contributed by atoms with van der Waals surface area (Å²) in [6, 6.07) is 7.98. The molecule has 2 heterocycles. The standard InChI is InChI=1S/C16H12ClFN2O/c1-10-2-3-14(18)4-11(10)5-15-6-12-8-19-16(17)7-13(12)9-20(15)21/h2-4,6-9H,5H2,1H3. The number of aromatic nitrogens is 2. The van der Waals surface area contributed by atoms with Gasteiger partial charge in [-0.25, -0.2) is 9.37 Å². The zero-order valence-electron chi connectivity index (χ0n) is 11.3. The molecular weight excluding hydrogens is 291 g/mol. The van der Waals surface area contributed by atoms with Gasteiger partial charge in [0.25, 0.3) is 0 Å². The Labute approximate surface area is 126 Å². The molecule has 3 nitrogen and oxygen atoms in total. The molecule has 1 aromatic carbocycles. The summed E-state index contributed by atoms with van der Waals surface area (Å²) in [5.41, 5.74) is 2.28. The molecule has 0 unspecified atom stereocenters. The summed E-state index contributed by atoms with van der Waals surface area (Å²) in [6.45, 7) is 1.90. The molecule has 0 spiro atoms. The highest BCUT2D eigenvalue weighted by Crippen LogP contribution is 2.19. The molecule has 0 aliphatic carbocycles. The normalized spacial score (nSPS) is 11.0. The van der Waals surface area contributed by atoms with E-state index in [4.69, 9.17) is 11.6 Å². The van der Waals surface area contributed by atoms with Crippen LogP contribution in [0.5, 0.6) is 0 Å². The molecule has 3 aromatic rings. The van der Waals surface area contributed by atoms with Crippen LogP contribution in [0.2, 0.25) is 5.15 Å². The quantitative estimate of drug-likeness (QED) is 0.412. The second-order valence-corrected chi connectivity index (χ2v) is 5.36. The third-order valence-electron chi connectivity index (χ3n) is 3.48. The summed E-state index contributed by atoms with van der Waals surface area (Å²) in [4.78, 5) is 4.01. The van der Waals surface area contributed by atoms with Crippen LogP contribution in [0.1, 0.15) is 16.8 Å². The van der Waals surface area contributed by atoms with E-state index in [9.17, 15) is 9.60 Å². The molecule has 0 saturated carbocycles. The minimum atomic E-state index is -0.303. The summed E-state index contributed by atoms with van der Waals surface area (Å²) in [5.74, 6) is -0.303. The van der Waals surface area contributed by atoms with Crippen LogP contribution in [-0.2, 0) is 6.42 Å². The number of fused-ring (bicyclic) bond motifs is 1. The van der Waals surface area contributed by atoms with Crippen LogP contribution >= 0.6 is 11.6 Å². The van der Waals surface area contributed by atoms with Gasteiger partial charge in [-0.1, -0.05) is 17.7 Å². The van der Waals surface area contributed by atoms with Crippen LogP contribution in [-0.4, -0.2) is 4.98 Å². The number of hydrogen-bond donors (Lipinski definition) is 0. The summed E-state index contributed by atoms with van der Waals surface area (Å²) < 4.78 is 14.1. The lowest BCUT2D eigenvalue weighted by Crippen LogP contribution is -2.31. The van der Waals surface area contributed by atoms with Crippen LogP contribution in [0, 0.1) is 17.9 Å². The van der Waals surface area contributed by atoms with Crippen molar-refractivity contribution in [3.63, 3.8) is 0 Å². The van der Waals surface area contributed by atoms with E-state index < -0.39 is 0 Å². The fourth-order valence-corrected chi connectivity index (χ4v) is 2.46. The first-order valence-electron chi connectivity index (χ1n) is 6.45. The predicted molar refractivity (Wildman–Crippen MR) is 79.7 cm³/mol. The summed E-state index contributed by atoms with van der Waals surface area (Å²) in [5, 5.41) is 14.0. The van der Waals surface area contributed by atoms with E-state index in [2.05, 4.69) is 4.98 Å². The molecule has 3 rings (SSSR count). The average Bonchev–Trinajstić information content (AvgIpc) is 2.44. The number of hydrogen-bond acceptors (Lipinski definition) is 2. The molecule has 2 aromatic heterocycles. The first-order valence-corrected chi connectivity index (χ1v) is 6.83. The molecule has 0 saturated heterocycles. The third kappa shape index (κ3) is 2.81. The fourth-order valence-electron chi connectivity index (χ4n) is 2.29. The summed E-state index contributed by atoms with van der Waals surface area (Å²) >= 11 is 5.81. The van der Waals surface area contributed by atoms with Crippen molar-refractivity contribution in [2.75, 3.05) is 0 Å². The monoisotopic (exact) mass is 302 g/mol. The zero-order valence-corrected chi connectivity index (χ0v) is 12.1. The highest BCUT2D eigenvalue weighted by Gasteiger charge is 2.12. The van der Waals surface area contributed by atoms with E-state index in [0.29, 0.717) is 17.3 Å². The molecule has 0 bridgehead atoms. The smallest absolute Gasteiger partial charge is 0.197 e. The molecule has 0 aliphatic rings. The van der Waals surface area contributed by atoms with Gasteiger partial charge >= 0.3 is 0 Å². The van der Waals surface area contributed by atoms with Crippen molar-refractivity contribution in [2.45, 2.75) is 13.3 Å². The van der Waals surface area contributed by atoms with Crippen molar-refractivity contribution in [3.8, 4) is 0 Å². The maximum atomic E-state index is 13.3. The Hall–Kier alpha value is -2.20. The van der Waals surface area contributed by atoms with E-state index >= 15 is 0 Å². The molecule has 0 N–H and O–H groups in total. The van der Waals surface area contributed by atoms with Gasteiger partial charge in [0.2, 0.25) is 0 Å². The minimum Gasteiger partial charge on any atom is -0.618 e. The van der Waals surface area contributed by atoms with Gasteiger partial charge in [-0.05, 0) is 36.2 Å². The highest BCUT2D eigenvalue weighted by atomic mass is 35.5. The largest absolute Gasteiger partial charge is 0.618 e. The van der Waals surface area contributed by atoms with Gasteiger partial charge in [0.05, 0.1) is 11.8 Å². The molecular formula is C16H12ClFN2O. The van der Waals surface area contributed by atoms with Crippen LogP contribution in [0.3, 0.4) is 0 Å². The van der Waals surface area contributed by atoms with Crippen molar-refractivity contribution in [1.82, 2.24) is 4.98 Å². The van der Waals surface area contributed by atoms with Crippen molar-refractivity contribution < 1.29 is 9.12 Å². The fraction of sp³-hybridized carbons (Fsp3) is 0.125. The lowest BCUT2D eigenvalue weighted by molar-refractivity contribution is -0.612. The maximum absolute atomic E-state index is 13.3. The van der Waals surface area contributed by atoms with Gasteiger partial charge in [-0.3, -0.25) is 0 Å². The van der Waals surface area contributed by atoms with Gasteiger partial charge in [-0.2, -0.15) is 4.73 Å². The Bertz CT molecular complexity index is 836. The number of pyridine rings is 2. The van der Waals surface area contributed by atoms with Crippen molar-refractivity contribution in [1.29, 1.82) is 0 Å². The molecule has 0 aliphatic heterocycles. The van der Waals surface area contributed by atoms with Gasteiger partial charge in [-0.15, -0.1) is 0 Å². The van der Waals surface area contributed by atoms with Crippen LogP contribution < -0.4 is 4.73 Å². The SMILES string of the molecule is Cc1ccc(F)cc1Cc1cc2cnc(Cl)cc2c[n+]1[O-]. The second-order valence-electron chi connectivity index (χ2n) is 4.97. The molecule has 106 valence electrons. The average molecular weight is 303 g/mol. The zero-order chi connectivity index (χ0) is 15.0. The first kappa shape index (κ1) is 13.8. The Morgan fingerprint density at radius 3 is 2.86 bits per heavy atom. The Morgan fingerprint density at radius 2 is 2.05 bits per heavy atom. The molecule has 0 atom stereocenters. The van der Waals surface area contributed by atoms with Crippen molar-refractivity contribution in [3.05, 3.63) is 75.7 Å². The number of nitrogens with zero attached hydrogens (tertiary/aromatic N) is 2. The lowest BCUT2D eigenvalue weighted by Gasteiger charge is -2.08. The van der Waals surface area contributed by atoms with Crippen LogP contribution in [0.25, 0.3) is 10.8 Å². The topological polar surface area (TPSA) is 39.8 Å². The Kier molecular flexibility index (Phi) is 3.47. The molecule has 0 fully saturated rings. The van der Waals surface area contributed by atoms with Crippen LogP contribution in [0.15, 0.2) is 42.7 Å². The molecule has 0 radical (unpaired) electrons. The molecule has 0 amide bonds. The Morgan fingerprint density at radius 1 is 1.24 bits per heavy atom. The van der Waals surface area contributed by atoms with E-state index in [0.717, 1.165) is 26.6 Å². The first-order chi connectivity index (χ1) is 10.0. The van der Waals surface area contributed by atoms with Gasteiger partial charge in [0.15, 0.2) is 11.9 Å². The number of rotatable bonds is 2. The van der Waals surface area contributed by atoms with Gasteiger partial charge in [0, 0.05) is 17.6 Å². The minimum absolute atomic E-state index is 0.303. The Balaban J connectivity index is 2.06. The predicted octanol–water partition coefficient (Wildman–Crippen LogP) is 3.56. The summed E-state index contributed by atoms with van der Waals surface area (Å²) in [7, 11) is 0. The number of halogens is 2. The number of benzene rings is 1. The van der Waals surface area contributed by atoms with Crippen molar-refractivity contribution >= 4 is 22.4 Å². The van der Waals surface area contributed by atoms with E-state index in [-0.39, 0.29) is 5.82 Å². The summed E-state index contributed by atoms with van der Waals surface area (Å²) in [6.07, 6.45) is 3.46. The van der Waals surface area contributed by atoms with Gasteiger partial charge in [0.1, 0.15) is 11.0 Å². The van der Waals surface area contributed by atoms with E-state index in [1.807, 2.05) is 6.92 Å². The van der Waals surface area contributed by atoms with Gasteiger partial charge < -0.3 is 5.21 Å². The van der Waals surface area contributed by atoms with E-state index in [1.165, 1.54) is 18.3 Å².